The molecule has 1 unspecified atom stereocenters. The molecule has 0 aromatic carbocycles. The Morgan fingerprint density at radius 1 is 1.72 bits per heavy atom. The van der Waals surface area contributed by atoms with Crippen LogP contribution in [0, 0.1) is 10.1 Å². The Labute approximate surface area is 105 Å². The van der Waals surface area contributed by atoms with E-state index in [2.05, 4.69) is 10.4 Å². The third-order valence-corrected chi connectivity index (χ3v) is 2.96. The van der Waals surface area contributed by atoms with Gasteiger partial charge in [-0.3, -0.25) is 14.8 Å². The molecule has 100 valence electrons. The Balaban J connectivity index is 2.07. The van der Waals surface area contributed by atoms with Gasteiger partial charge in [0.1, 0.15) is 6.20 Å². The normalized spacial score (nSPS) is 19.4. The summed E-state index contributed by atoms with van der Waals surface area (Å²) in [4.78, 5) is 10.5. The molecule has 2 heterocycles. The monoisotopic (exact) mass is 254 g/mol. The lowest BCUT2D eigenvalue weighted by molar-refractivity contribution is -0.384. The second-order valence-electron chi connectivity index (χ2n) is 4.71. The molecule has 0 aliphatic carbocycles. The lowest BCUT2D eigenvalue weighted by Gasteiger charge is -2.09. The van der Waals surface area contributed by atoms with E-state index in [9.17, 15) is 10.1 Å². The highest BCUT2D eigenvalue weighted by Crippen LogP contribution is 2.24. The van der Waals surface area contributed by atoms with Gasteiger partial charge in [0.05, 0.1) is 11.0 Å². The fourth-order valence-corrected chi connectivity index (χ4v) is 1.92. The number of nitrogens with zero attached hydrogens (tertiary/aromatic N) is 3. The van der Waals surface area contributed by atoms with E-state index < -0.39 is 4.92 Å². The maximum absolute atomic E-state index is 10.9. The largest absolute Gasteiger partial charge is 0.376 e. The number of nitrogens with one attached hydrogen (secondary N) is 1. The van der Waals surface area contributed by atoms with Crippen LogP contribution in [0.25, 0.3) is 0 Å². The molecule has 1 atom stereocenters. The van der Waals surface area contributed by atoms with Crippen molar-refractivity contribution in [3.05, 3.63) is 16.3 Å². The number of aromatic nitrogens is 2. The van der Waals surface area contributed by atoms with Crippen molar-refractivity contribution in [1.82, 2.24) is 9.78 Å². The molecule has 0 spiro atoms. The lowest BCUT2D eigenvalue weighted by Crippen LogP contribution is -2.19. The molecular formula is C11H18N4O3. The molecule has 2 rings (SSSR count). The predicted molar refractivity (Wildman–Crippen MR) is 66.7 cm³/mol. The van der Waals surface area contributed by atoms with Gasteiger partial charge >= 0.3 is 5.69 Å². The first kappa shape index (κ1) is 12.8. The zero-order valence-electron chi connectivity index (χ0n) is 10.6. The van der Waals surface area contributed by atoms with E-state index in [1.165, 1.54) is 6.20 Å². The van der Waals surface area contributed by atoms with Gasteiger partial charge in [-0.2, -0.15) is 0 Å². The average Bonchev–Trinajstić information content (AvgIpc) is 2.95. The van der Waals surface area contributed by atoms with Crippen LogP contribution in [0.15, 0.2) is 6.20 Å². The van der Waals surface area contributed by atoms with E-state index in [1.807, 2.05) is 13.8 Å². The topological polar surface area (TPSA) is 82.2 Å². The molecule has 7 nitrogen and oxygen atoms in total. The molecule has 0 saturated carbocycles. The molecular weight excluding hydrogens is 236 g/mol. The van der Waals surface area contributed by atoms with E-state index in [0.717, 1.165) is 19.4 Å². The molecule has 0 amide bonds. The number of ether oxygens (including phenoxy) is 1. The first-order valence-corrected chi connectivity index (χ1v) is 6.17. The van der Waals surface area contributed by atoms with Gasteiger partial charge in [0.2, 0.25) is 5.82 Å². The summed E-state index contributed by atoms with van der Waals surface area (Å²) in [6, 6.07) is 0.0991. The van der Waals surface area contributed by atoms with Gasteiger partial charge in [0.15, 0.2) is 0 Å². The van der Waals surface area contributed by atoms with Crippen molar-refractivity contribution in [1.29, 1.82) is 0 Å². The third kappa shape index (κ3) is 2.79. The summed E-state index contributed by atoms with van der Waals surface area (Å²) in [5.41, 5.74) is 0.0155. The Morgan fingerprint density at radius 2 is 2.50 bits per heavy atom. The molecule has 1 aliphatic rings. The van der Waals surface area contributed by atoms with Gasteiger partial charge in [0.25, 0.3) is 0 Å². The molecule has 1 aromatic heterocycles. The maximum atomic E-state index is 10.9. The van der Waals surface area contributed by atoms with Gasteiger partial charge in [-0.05, 0) is 26.7 Å². The Morgan fingerprint density at radius 3 is 3.06 bits per heavy atom. The molecule has 18 heavy (non-hydrogen) atoms. The van der Waals surface area contributed by atoms with Crippen LogP contribution >= 0.6 is 0 Å². The Kier molecular flexibility index (Phi) is 3.81. The van der Waals surface area contributed by atoms with Crippen molar-refractivity contribution in [3.8, 4) is 0 Å². The van der Waals surface area contributed by atoms with Gasteiger partial charge in [-0.1, -0.05) is 0 Å². The van der Waals surface area contributed by atoms with Crippen LogP contribution in [-0.4, -0.2) is 34.0 Å². The van der Waals surface area contributed by atoms with Crippen molar-refractivity contribution in [3.63, 3.8) is 0 Å². The number of hydrogen-bond donors (Lipinski definition) is 1. The molecule has 1 N–H and O–H groups in total. The van der Waals surface area contributed by atoms with Crippen LogP contribution in [0.2, 0.25) is 0 Å². The van der Waals surface area contributed by atoms with Crippen molar-refractivity contribution >= 4 is 11.5 Å². The summed E-state index contributed by atoms with van der Waals surface area (Å²) in [6.45, 7) is 5.20. The van der Waals surface area contributed by atoms with Gasteiger partial charge in [0, 0.05) is 19.2 Å². The van der Waals surface area contributed by atoms with E-state index in [1.54, 1.807) is 4.68 Å². The predicted octanol–water partition coefficient (Wildman–Crippen LogP) is 1.96. The highest BCUT2D eigenvalue weighted by Gasteiger charge is 2.22. The Bertz CT molecular complexity index is 424. The molecule has 7 heteroatoms. The van der Waals surface area contributed by atoms with E-state index >= 15 is 0 Å². The number of rotatable bonds is 5. The summed E-state index contributed by atoms with van der Waals surface area (Å²) in [6.07, 6.45) is 3.64. The minimum absolute atomic E-state index is 0.0155. The van der Waals surface area contributed by atoms with Crippen LogP contribution in [-0.2, 0) is 4.74 Å². The fourth-order valence-electron chi connectivity index (χ4n) is 1.92. The average molecular weight is 254 g/mol. The van der Waals surface area contributed by atoms with Gasteiger partial charge in [-0.25, -0.2) is 0 Å². The van der Waals surface area contributed by atoms with Crippen LogP contribution < -0.4 is 5.32 Å². The van der Waals surface area contributed by atoms with E-state index in [4.69, 9.17) is 4.74 Å². The summed E-state index contributed by atoms with van der Waals surface area (Å²) >= 11 is 0. The molecule has 1 fully saturated rings. The number of nitro groups is 1. The molecule has 1 saturated heterocycles. The molecule has 0 bridgehead atoms. The quantitative estimate of drug-likeness (QED) is 0.641. The molecule has 0 radical (unpaired) electrons. The van der Waals surface area contributed by atoms with Crippen LogP contribution in [0.5, 0.6) is 0 Å². The summed E-state index contributed by atoms with van der Waals surface area (Å²) in [5.74, 6) is 0.323. The smallest absolute Gasteiger partial charge is 0.330 e. The zero-order valence-corrected chi connectivity index (χ0v) is 10.6. The third-order valence-electron chi connectivity index (χ3n) is 2.96. The lowest BCUT2D eigenvalue weighted by atomic mass is 10.2. The van der Waals surface area contributed by atoms with Gasteiger partial charge < -0.3 is 10.1 Å². The second kappa shape index (κ2) is 5.34. The van der Waals surface area contributed by atoms with Crippen molar-refractivity contribution in [2.75, 3.05) is 18.5 Å². The van der Waals surface area contributed by atoms with Crippen molar-refractivity contribution < 1.29 is 9.66 Å². The van der Waals surface area contributed by atoms with Crippen LogP contribution in [0.4, 0.5) is 11.5 Å². The van der Waals surface area contributed by atoms with E-state index in [-0.39, 0.29) is 17.8 Å². The first-order valence-electron chi connectivity index (χ1n) is 6.17. The minimum Gasteiger partial charge on any atom is -0.376 e. The highest BCUT2D eigenvalue weighted by atomic mass is 16.6. The SMILES string of the molecule is CC(C)n1cc([N+](=O)[O-])c(NCC2CCCO2)n1. The molecule has 1 aromatic rings. The van der Waals surface area contributed by atoms with Crippen LogP contribution in [0.3, 0.4) is 0 Å². The van der Waals surface area contributed by atoms with Crippen LogP contribution in [0.1, 0.15) is 32.7 Å². The number of hydrogen-bond acceptors (Lipinski definition) is 5. The summed E-state index contributed by atoms with van der Waals surface area (Å²) < 4.78 is 7.06. The fraction of sp³-hybridized carbons (Fsp3) is 0.727. The minimum atomic E-state index is -0.413. The second-order valence-corrected chi connectivity index (χ2v) is 4.71. The van der Waals surface area contributed by atoms with Gasteiger partial charge in [-0.15, -0.1) is 5.10 Å². The Hall–Kier alpha value is -1.63. The molecule has 1 aliphatic heterocycles. The first-order chi connectivity index (χ1) is 8.58. The van der Waals surface area contributed by atoms with Crippen molar-refractivity contribution in [2.45, 2.75) is 38.8 Å². The highest BCUT2D eigenvalue weighted by molar-refractivity contribution is 5.54. The van der Waals surface area contributed by atoms with E-state index in [0.29, 0.717) is 12.4 Å². The zero-order chi connectivity index (χ0) is 13.1. The standard InChI is InChI=1S/C11H18N4O3/c1-8(2)14-7-10(15(16)17)11(13-14)12-6-9-4-3-5-18-9/h7-9H,3-6H2,1-2H3,(H,12,13). The number of anilines is 1. The maximum Gasteiger partial charge on any atom is 0.330 e. The van der Waals surface area contributed by atoms with Crippen molar-refractivity contribution in [2.24, 2.45) is 0 Å². The summed E-state index contributed by atoms with van der Waals surface area (Å²) in [7, 11) is 0. The summed E-state index contributed by atoms with van der Waals surface area (Å²) in [5, 5.41) is 18.1.